The molecule has 84 valence electrons. The molecule has 3 nitrogen and oxygen atoms in total. The zero-order chi connectivity index (χ0) is 10.2. The van der Waals surface area contributed by atoms with Crippen molar-refractivity contribution >= 4 is 0 Å². The average molecular weight is 201 g/mol. The Balaban J connectivity index is 2.13. The lowest BCUT2D eigenvalue weighted by molar-refractivity contribution is 0.0492. The van der Waals surface area contributed by atoms with Gasteiger partial charge >= 0.3 is 0 Å². The Morgan fingerprint density at radius 3 is 2.93 bits per heavy atom. The predicted octanol–water partition coefficient (Wildman–Crippen LogP) is 1.26. The summed E-state index contributed by atoms with van der Waals surface area (Å²) >= 11 is 0. The zero-order valence-electron chi connectivity index (χ0n) is 9.24. The molecule has 1 rings (SSSR count). The minimum absolute atomic E-state index is 0.299. The van der Waals surface area contributed by atoms with Gasteiger partial charge in [0.05, 0.1) is 13.2 Å². The Morgan fingerprint density at radius 2 is 2.21 bits per heavy atom. The van der Waals surface area contributed by atoms with E-state index in [1.165, 1.54) is 12.8 Å². The third-order valence-corrected chi connectivity index (χ3v) is 2.83. The number of ether oxygens (including phenoxy) is 1. The van der Waals surface area contributed by atoms with Gasteiger partial charge in [0.15, 0.2) is 0 Å². The molecule has 3 heteroatoms. The number of aliphatic hydroxyl groups excluding tert-OH is 1. The van der Waals surface area contributed by atoms with Crippen LogP contribution in [0.2, 0.25) is 0 Å². The minimum Gasteiger partial charge on any atom is -0.395 e. The summed E-state index contributed by atoms with van der Waals surface area (Å²) in [6.45, 7) is 6.19. The third-order valence-electron chi connectivity index (χ3n) is 2.83. The van der Waals surface area contributed by atoms with Crippen molar-refractivity contribution in [3.05, 3.63) is 0 Å². The van der Waals surface area contributed by atoms with Gasteiger partial charge in [0.2, 0.25) is 0 Å². The van der Waals surface area contributed by atoms with Gasteiger partial charge in [-0.15, -0.1) is 0 Å². The molecule has 1 aliphatic rings. The predicted molar refractivity (Wildman–Crippen MR) is 57.4 cm³/mol. The number of hydrogen-bond acceptors (Lipinski definition) is 3. The quantitative estimate of drug-likeness (QED) is 0.657. The van der Waals surface area contributed by atoms with Crippen molar-refractivity contribution in [1.29, 1.82) is 0 Å². The van der Waals surface area contributed by atoms with Crippen LogP contribution in [-0.2, 0) is 4.74 Å². The molecule has 1 unspecified atom stereocenters. The van der Waals surface area contributed by atoms with Gasteiger partial charge in [0.25, 0.3) is 0 Å². The van der Waals surface area contributed by atoms with Gasteiger partial charge in [-0.25, -0.2) is 0 Å². The zero-order valence-corrected chi connectivity index (χ0v) is 9.24. The number of nitrogens with zero attached hydrogens (tertiary/aromatic N) is 1. The molecule has 0 aliphatic carbocycles. The monoisotopic (exact) mass is 201 g/mol. The maximum atomic E-state index is 9.18. The Hall–Kier alpha value is -0.120. The van der Waals surface area contributed by atoms with Crippen LogP contribution in [0.3, 0.4) is 0 Å². The van der Waals surface area contributed by atoms with Crippen molar-refractivity contribution < 1.29 is 9.84 Å². The fourth-order valence-electron chi connectivity index (χ4n) is 1.99. The van der Waals surface area contributed by atoms with E-state index in [0.29, 0.717) is 12.6 Å². The van der Waals surface area contributed by atoms with Crippen LogP contribution in [0.15, 0.2) is 0 Å². The van der Waals surface area contributed by atoms with Gasteiger partial charge in [-0.3, -0.25) is 4.90 Å². The molecule has 14 heavy (non-hydrogen) atoms. The van der Waals surface area contributed by atoms with Crippen LogP contribution < -0.4 is 0 Å². The molecule has 1 saturated heterocycles. The number of aliphatic hydroxyl groups is 1. The van der Waals surface area contributed by atoms with Crippen LogP contribution in [0.4, 0.5) is 0 Å². The highest BCUT2D eigenvalue weighted by Gasteiger charge is 2.20. The van der Waals surface area contributed by atoms with Crippen LogP contribution in [0.1, 0.15) is 32.6 Å². The molecule has 1 atom stereocenters. The molecular formula is C11H23NO2. The summed E-state index contributed by atoms with van der Waals surface area (Å²) in [6.07, 6.45) is 4.76. The molecule has 0 aromatic rings. The molecular weight excluding hydrogens is 178 g/mol. The maximum absolute atomic E-state index is 9.18. The molecule has 1 fully saturated rings. The summed E-state index contributed by atoms with van der Waals surface area (Å²) in [5.74, 6) is 0. The van der Waals surface area contributed by atoms with Crippen molar-refractivity contribution in [3.8, 4) is 0 Å². The first-order valence-corrected chi connectivity index (χ1v) is 5.81. The molecule has 0 saturated carbocycles. The van der Waals surface area contributed by atoms with E-state index in [1.807, 2.05) is 0 Å². The first-order valence-electron chi connectivity index (χ1n) is 5.81. The molecule has 1 heterocycles. The molecule has 0 aromatic heterocycles. The summed E-state index contributed by atoms with van der Waals surface area (Å²) in [6, 6.07) is 0.383. The summed E-state index contributed by atoms with van der Waals surface area (Å²) in [5.41, 5.74) is 0. The van der Waals surface area contributed by atoms with E-state index < -0.39 is 0 Å². The van der Waals surface area contributed by atoms with Gasteiger partial charge in [-0.1, -0.05) is 13.3 Å². The maximum Gasteiger partial charge on any atom is 0.0593 e. The van der Waals surface area contributed by atoms with Crippen LogP contribution >= 0.6 is 0 Å². The van der Waals surface area contributed by atoms with Crippen molar-refractivity contribution in [2.24, 2.45) is 0 Å². The van der Waals surface area contributed by atoms with E-state index >= 15 is 0 Å². The molecule has 0 aromatic carbocycles. The third kappa shape index (κ3) is 3.95. The van der Waals surface area contributed by atoms with Gasteiger partial charge in [0, 0.05) is 19.2 Å². The van der Waals surface area contributed by atoms with Crippen LogP contribution in [0.25, 0.3) is 0 Å². The first kappa shape index (κ1) is 12.0. The Morgan fingerprint density at radius 1 is 1.36 bits per heavy atom. The molecule has 1 N–H and O–H groups in total. The van der Waals surface area contributed by atoms with E-state index in [4.69, 9.17) is 4.74 Å². The molecule has 0 radical (unpaired) electrons. The van der Waals surface area contributed by atoms with Crippen LogP contribution in [0, 0.1) is 0 Å². The molecule has 0 amide bonds. The Kier molecular flexibility index (Phi) is 6.15. The second-order valence-corrected chi connectivity index (χ2v) is 3.98. The first-order chi connectivity index (χ1) is 6.88. The summed E-state index contributed by atoms with van der Waals surface area (Å²) in [7, 11) is 0. The molecule has 0 spiro atoms. The summed E-state index contributed by atoms with van der Waals surface area (Å²) in [4.78, 5) is 2.36. The van der Waals surface area contributed by atoms with E-state index in [1.54, 1.807) is 0 Å². The van der Waals surface area contributed by atoms with Crippen LogP contribution in [0.5, 0.6) is 0 Å². The number of piperidine rings is 1. The normalized spacial score (nSPS) is 24.0. The van der Waals surface area contributed by atoms with E-state index in [0.717, 1.165) is 39.1 Å². The number of hydrogen-bond donors (Lipinski definition) is 1. The van der Waals surface area contributed by atoms with Crippen molar-refractivity contribution in [2.45, 2.75) is 38.6 Å². The molecule has 1 aliphatic heterocycles. The number of rotatable bonds is 6. The lowest BCUT2D eigenvalue weighted by atomic mass is 10.0. The average Bonchev–Trinajstić information content (AvgIpc) is 2.25. The van der Waals surface area contributed by atoms with Crippen molar-refractivity contribution in [2.75, 3.05) is 32.9 Å². The fourth-order valence-corrected chi connectivity index (χ4v) is 1.99. The van der Waals surface area contributed by atoms with Gasteiger partial charge in [-0.2, -0.15) is 0 Å². The van der Waals surface area contributed by atoms with Gasteiger partial charge in [-0.05, 0) is 25.8 Å². The second kappa shape index (κ2) is 7.21. The Labute approximate surface area is 87.1 Å². The topological polar surface area (TPSA) is 32.7 Å². The highest BCUT2D eigenvalue weighted by atomic mass is 16.5. The summed E-state index contributed by atoms with van der Waals surface area (Å²) in [5, 5.41) is 9.18. The fraction of sp³-hybridized carbons (Fsp3) is 1.00. The lowest BCUT2D eigenvalue weighted by Crippen LogP contribution is -2.43. The lowest BCUT2D eigenvalue weighted by Gasteiger charge is -2.34. The molecule has 0 bridgehead atoms. The summed E-state index contributed by atoms with van der Waals surface area (Å²) < 4.78 is 5.46. The van der Waals surface area contributed by atoms with Gasteiger partial charge < -0.3 is 9.84 Å². The van der Waals surface area contributed by atoms with Crippen LogP contribution in [-0.4, -0.2) is 49.0 Å². The highest BCUT2D eigenvalue weighted by molar-refractivity contribution is 4.75. The number of likely N-dealkylation sites (tertiary alicyclic amines) is 1. The van der Waals surface area contributed by atoms with Crippen molar-refractivity contribution in [1.82, 2.24) is 4.90 Å². The Bertz CT molecular complexity index is 141. The largest absolute Gasteiger partial charge is 0.395 e. The SMILES string of the molecule is CCCOCCN1CCCCC1CO. The van der Waals surface area contributed by atoms with Crippen molar-refractivity contribution in [3.63, 3.8) is 0 Å². The van der Waals surface area contributed by atoms with E-state index in [2.05, 4.69) is 11.8 Å². The highest BCUT2D eigenvalue weighted by Crippen LogP contribution is 2.15. The smallest absolute Gasteiger partial charge is 0.0593 e. The standard InChI is InChI=1S/C11H23NO2/c1-2-8-14-9-7-12-6-4-3-5-11(12)10-13/h11,13H,2-10H2,1H3. The second-order valence-electron chi connectivity index (χ2n) is 3.98. The van der Waals surface area contributed by atoms with E-state index in [-0.39, 0.29) is 0 Å². The van der Waals surface area contributed by atoms with E-state index in [9.17, 15) is 5.11 Å². The van der Waals surface area contributed by atoms with Gasteiger partial charge in [0.1, 0.15) is 0 Å². The minimum atomic E-state index is 0.299.